The van der Waals surface area contributed by atoms with E-state index < -0.39 is 0 Å². The SMILES string of the molecule is CN(C)CC[C@@H](c1ccccc1)n1ccnc1-c1ccco1. The van der Waals surface area contributed by atoms with E-state index in [9.17, 15) is 0 Å². The molecule has 3 rings (SSSR count). The van der Waals surface area contributed by atoms with Gasteiger partial charge in [-0.1, -0.05) is 30.3 Å². The van der Waals surface area contributed by atoms with Crippen LogP contribution in [0.2, 0.25) is 0 Å². The number of rotatable bonds is 6. The fourth-order valence-electron chi connectivity index (χ4n) is 2.68. The topological polar surface area (TPSA) is 34.2 Å². The summed E-state index contributed by atoms with van der Waals surface area (Å²) in [4.78, 5) is 6.70. The van der Waals surface area contributed by atoms with Crippen LogP contribution in [-0.4, -0.2) is 35.1 Å². The van der Waals surface area contributed by atoms with Gasteiger partial charge in [-0.3, -0.25) is 0 Å². The van der Waals surface area contributed by atoms with Gasteiger partial charge in [0.1, 0.15) is 0 Å². The summed E-state index contributed by atoms with van der Waals surface area (Å²) < 4.78 is 7.74. The number of hydrogen-bond donors (Lipinski definition) is 0. The Morgan fingerprint density at radius 3 is 2.64 bits per heavy atom. The molecule has 0 bridgehead atoms. The minimum atomic E-state index is 0.242. The molecule has 0 amide bonds. The molecule has 4 heteroatoms. The van der Waals surface area contributed by atoms with E-state index in [-0.39, 0.29) is 6.04 Å². The second-order valence-electron chi connectivity index (χ2n) is 5.65. The van der Waals surface area contributed by atoms with E-state index in [1.165, 1.54) is 5.56 Å². The molecule has 0 aliphatic heterocycles. The predicted molar refractivity (Wildman–Crippen MR) is 87.7 cm³/mol. The third kappa shape index (κ3) is 3.12. The highest BCUT2D eigenvalue weighted by atomic mass is 16.3. The summed E-state index contributed by atoms with van der Waals surface area (Å²) in [6.07, 6.45) is 6.57. The first-order valence-electron chi connectivity index (χ1n) is 7.52. The van der Waals surface area contributed by atoms with Gasteiger partial charge in [-0.05, 0) is 44.8 Å². The fraction of sp³-hybridized carbons (Fsp3) is 0.278. The largest absolute Gasteiger partial charge is 0.461 e. The number of hydrogen-bond acceptors (Lipinski definition) is 3. The van der Waals surface area contributed by atoms with Crippen molar-refractivity contribution in [1.29, 1.82) is 0 Å². The molecule has 4 nitrogen and oxygen atoms in total. The highest BCUT2D eigenvalue weighted by Crippen LogP contribution is 2.28. The van der Waals surface area contributed by atoms with Gasteiger partial charge in [-0.25, -0.2) is 4.98 Å². The number of aromatic nitrogens is 2. The molecular formula is C18H21N3O. The second-order valence-corrected chi connectivity index (χ2v) is 5.65. The molecule has 2 aromatic heterocycles. The van der Waals surface area contributed by atoms with E-state index in [2.05, 4.69) is 52.8 Å². The van der Waals surface area contributed by atoms with Crippen molar-refractivity contribution in [2.45, 2.75) is 12.5 Å². The van der Waals surface area contributed by atoms with Gasteiger partial charge in [-0.15, -0.1) is 0 Å². The molecular weight excluding hydrogens is 274 g/mol. The van der Waals surface area contributed by atoms with Crippen molar-refractivity contribution in [1.82, 2.24) is 14.5 Å². The van der Waals surface area contributed by atoms with Crippen LogP contribution in [0.25, 0.3) is 11.6 Å². The second kappa shape index (κ2) is 6.62. The molecule has 0 saturated carbocycles. The summed E-state index contributed by atoms with van der Waals surface area (Å²) in [6, 6.07) is 14.7. The Bertz CT molecular complexity index is 686. The van der Waals surface area contributed by atoms with E-state index in [0.29, 0.717) is 0 Å². The van der Waals surface area contributed by atoms with Gasteiger partial charge in [0.2, 0.25) is 0 Å². The zero-order valence-corrected chi connectivity index (χ0v) is 13.0. The summed E-state index contributed by atoms with van der Waals surface area (Å²) in [6.45, 7) is 1.01. The molecule has 0 aliphatic carbocycles. The number of imidazole rings is 1. The van der Waals surface area contributed by atoms with Crippen molar-refractivity contribution in [2.75, 3.05) is 20.6 Å². The van der Waals surface area contributed by atoms with Crippen molar-refractivity contribution < 1.29 is 4.42 Å². The number of benzene rings is 1. The van der Waals surface area contributed by atoms with Crippen LogP contribution < -0.4 is 0 Å². The van der Waals surface area contributed by atoms with Crippen LogP contribution in [-0.2, 0) is 0 Å². The maximum Gasteiger partial charge on any atom is 0.176 e. The molecule has 0 aliphatic rings. The maximum absolute atomic E-state index is 5.54. The number of furan rings is 1. The van der Waals surface area contributed by atoms with Gasteiger partial charge >= 0.3 is 0 Å². The van der Waals surface area contributed by atoms with Crippen LogP contribution in [0.15, 0.2) is 65.5 Å². The first-order valence-corrected chi connectivity index (χ1v) is 7.52. The Labute approximate surface area is 131 Å². The van der Waals surface area contributed by atoms with Crippen LogP contribution >= 0.6 is 0 Å². The number of nitrogens with zero attached hydrogens (tertiary/aromatic N) is 3. The van der Waals surface area contributed by atoms with Crippen molar-refractivity contribution >= 4 is 0 Å². The van der Waals surface area contributed by atoms with Gasteiger partial charge < -0.3 is 13.9 Å². The minimum absolute atomic E-state index is 0.242. The normalized spacial score (nSPS) is 12.7. The quantitative estimate of drug-likeness (QED) is 0.695. The molecule has 0 saturated heterocycles. The highest BCUT2D eigenvalue weighted by Gasteiger charge is 2.19. The van der Waals surface area contributed by atoms with E-state index in [0.717, 1.165) is 24.6 Å². The average Bonchev–Trinajstić information content (AvgIpc) is 3.19. The average molecular weight is 295 g/mol. The molecule has 1 atom stereocenters. The lowest BCUT2D eigenvalue weighted by molar-refractivity contribution is 0.367. The molecule has 22 heavy (non-hydrogen) atoms. The Morgan fingerprint density at radius 2 is 1.95 bits per heavy atom. The first-order chi connectivity index (χ1) is 10.8. The van der Waals surface area contributed by atoms with Gasteiger partial charge in [0.05, 0.1) is 12.3 Å². The van der Waals surface area contributed by atoms with Crippen molar-refractivity contribution in [3.63, 3.8) is 0 Å². The molecule has 2 heterocycles. The molecule has 0 spiro atoms. The zero-order chi connectivity index (χ0) is 15.4. The predicted octanol–water partition coefficient (Wildman–Crippen LogP) is 3.68. The summed E-state index contributed by atoms with van der Waals surface area (Å²) in [5.74, 6) is 1.67. The third-order valence-electron chi connectivity index (χ3n) is 3.78. The Kier molecular flexibility index (Phi) is 4.39. The lowest BCUT2D eigenvalue weighted by Gasteiger charge is -2.22. The molecule has 114 valence electrons. The van der Waals surface area contributed by atoms with E-state index in [1.807, 2.05) is 30.6 Å². The van der Waals surface area contributed by atoms with E-state index in [4.69, 9.17) is 4.42 Å². The highest BCUT2D eigenvalue weighted by molar-refractivity contribution is 5.47. The summed E-state index contributed by atoms with van der Waals surface area (Å²) in [5.41, 5.74) is 1.29. The Hall–Kier alpha value is -2.33. The lowest BCUT2D eigenvalue weighted by Crippen LogP contribution is -2.20. The van der Waals surface area contributed by atoms with Crippen LogP contribution in [0.3, 0.4) is 0 Å². The molecule has 0 fully saturated rings. The smallest absolute Gasteiger partial charge is 0.176 e. The molecule has 0 N–H and O–H groups in total. The van der Waals surface area contributed by atoms with E-state index in [1.54, 1.807) is 6.26 Å². The molecule has 1 aromatic carbocycles. The fourth-order valence-corrected chi connectivity index (χ4v) is 2.68. The third-order valence-corrected chi connectivity index (χ3v) is 3.78. The lowest BCUT2D eigenvalue weighted by atomic mass is 10.0. The molecule has 3 aromatic rings. The summed E-state index contributed by atoms with van der Waals surface area (Å²) >= 11 is 0. The standard InChI is InChI=1S/C18H21N3O/c1-20(2)12-10-16(15-7-4-3-5-8-15)21-13-11-19-18(21)17-9-6-14-22-17/h3-9,11,13-14,16H,10,12H2,1-2H3/t16-/m0/s1. The first kappa shape index (κ1) is 14.6. The van der Waals surface area contributed by atoms with Crippen molar-refractivity contribution in [3.8, 4) is 11.6 Å². The maximum atomic E-state index is 5.54. The van der Waals surface area contributed by atoms with Crippen LogP contribution in [0.4, 0.5) is 0 Å². The Morgan fingerprint density at radius 1 is 1.14 bits per heavy atom. The summed E-state index contributed by atoms with van der Waals surface area (Å²) in [7, 11) is 4.20. The van der Waals surface area contributed by atoms with Gasteiger partial charge in [0.15, 0.2) is 11.6 Å². The van der Waals surface area contributed by atoms with Gasteiger partial charge in [0, 0.05) is 12.4 Å². The van der Waals surface area contributed by atoms with Gasteiger partial charge in [-0.2, -0.15) is 0 Å². The van der Waals surface area contributed by atoms with E-state index >= 15 is 0 Å². The minimum Gasteiger partial charge on any atom is -0.461 e. The molecule has 0 radical (unpaired) electrons. The zero-order valence-electron chi connectivity index (χ0n) is 13.0. The Balaban J connectivity index is 1.98. The van der Waals surface area contributed by atoms with Crippen LogP contribution in [0.5, 0.6) is 0 Å². The van der Waals surface area contributed by atoms with Crippen LogP contribution in [0.1, 0.15) is 18.0 Å². The van der Waals surface area contributed by atoms with Gasteiger partial charge in [0.25, 0.3) is 0 Å². The van der Waals surface area contributed by atoms with Crippen molar-refractivity contribution in [3.05, 3.63) is 66.7 Å². The summed E-state index contributed by atoms with van der Waals surface area (Å²) in [5, 5.41) is 0. The monoisotopic (exact) mass is 295 g/mol. The van der Waals surface area contributed by atoms with Crippen molar-refractivity contribution in [2.24, 2.45) is 0 Å². The molecule has 0 unspecified atom stereocenters. The van der Waals surface area contributed by atoms with Crippen LogP contribution in [0, 0.1) is 0 Å².